The van der Waals surface area contributed by atoms with Crippen LogP contribution in [0.1, 0.15) is 31.2 Å². The molecule has 0 atom stereocenters. The zero-order chi connectivity index (χ0) is 19.9. The molecule has 3 rings (SSSR count). The molecule has 150 valence electrons. The minimum absolute atomic E-state index is 0.435. The summed E-state index contributed by atoms with van der Waals surface area (Å²) >= 11 is 5.80. The fraction of sp³-hybridized carbons (Fsp3) is 0.409. The summed E-state index contributed by atoms with van der Waals surface area (Å²) in [4.78, 5) is 2.29. The number of methoxy groups -OCH3 is 3. The van der Waals surface area contributed by atoms with Gasteiger partial charge in [0.05, 0.1) is 21.3 Å². The van der Waals surface area contributed by atoms with Crippen LogP contribution in [-0.4, -0.2) is 37.4 Å². The van der Waals surface area contributed by atoms with Gasteiger partial charge in [0, 0.05) is 29.9 Å². The standard InChI is InChI=1S/C22H28N2O3S/c1-25-19-12-9-17(10-13-19)23-22(28)24(18-6-4-5-7-18)15-16-8-11-20(26-2)14-21(16)27-3/h8-14,18H,4-7,15H2,1-3H3,(H,23,28). The maximum Gasteiger partial charge on any atom is 0.173 e. The fourth-order valence-corrected chi connectivity index (χ4v) is 3.95. The molecule has 28 heavy (non-hydrogen) atoms. The lowest BCUT2D eigenvalue weighted by atomic mass is 10.1. The second-order valence-corrected chi connectivity index (χ2v) is 7.29. The Hall–Kier alpha value is -2.47. The average molecular weight is 401 g/mol. The largest absolute Gasteiger partial charge is 0.497 e. The van der Waals surface area contributed by atoms with Crippen molar-refractivity contribution in [3.63, 3.8) is 0 Å². The monoisotopic (exact) mass is 400 g/mol. The summed E-state index contributed by atoms with van der Waals surface area (Å²) < 4.78 is 16.1. The van der Waals surface area contributed by atoms with E-state index in [1.54, 1.807) is 21.3 Å². The molecule has 0 saturated heterocycles. The van der Waals surface area contributed by atoms with Crippen molar-refractivity contribution in [2.24, 2.45) is 0 Å². The number of rotatable bonds is 7. The molecule has 2 aromatic carbocycles. The first-order valence-electron chi connectivity index (χ1n) is 9.57. The SMILES string of the molecule is COc1ccc(NC(=S)N(Cc2ccc(OC)cc2OC)C2CCCC2)cc1. The van der Waals surface area contributed by atoms with E-state index in [4.69, 9.17) is 26.4 Å². The average Bonchev–Trinajstić information content (AvgIpc) is 3.26. The zero-order valence-electron chi connectivity index (χ0n) is 16.7. The highest BCUT2D eigenvalue weighted by Crippen LogP contribution is 2.30. The van der Waals surface area contributed by atoms with Crippen LogP contribution in [0.4, 0.5) is 5.69 Å². The molecule has 1 fully saturated rings. The molecular formula is C22H28N2O3S. The third-order valence-electron chi connectivity index (χ3n) is 5.20. The Balaban J connectivity index is 1.79. The van der Waals surface area contributed by atoms with Gasteiger partial charge in [0.25, 0.3) is 0 Å². The molecule has 0 amide bonds. The van der Waals surface area contributed by atoms with Crippen LogP contribution in [0.15, 0.2) is 42.5 Å². The van der Waals surface area contributed by atoms with Gasteiger partial charge in [0.2, 0.25) is 0 Å². The smallest absolute Gasteiger partial charge is 0.173 e. The van der Waals surface area contributed by atoms with Crippen LogP contribution in [0.5, 0.6) is 17.2 Å². The first kappa shape index (κ1) is 20.3. The molecule has 0 radical (unpaired) electrons. The molecule has 0 aromatic heterocycles. The van der Waals surface area contributed by atoms with Crippen LogP contribution in [0.25, 0.3) is 0 Å². The van der Waals surface area contributed by atoms with Crippen molar-refractivity contribution in [3.05, 3.63) is 48.0 Å². The Morgan fingerprint density at radius 2 is 1.61 bits per heavy atom. The quantitative estimate of drug-likeness (QED) is 0.670. The third kappa shape index (κ3) is 4.87. The number of nitrogens with zero attached hydrogens (tertiary/aromatic N) is 1. The highest BCUT2D eigenvalue weighted by atomic mass is 32.1. The number of hydrogen-bond acceptors (Lipinski definition) is 4. The van der Waals surface area contributed by atoms with Crippen molar-refractivity contribution in [1.82, 2.24) is 4.90 Å². The van der Waals surface area contributed by atoms with Gasteiger partial charge < -0.3 is 24.4 Å². The molecule has 6 heteroatoms. The van der Waals surface area contributed by atoms with Crippen LogP contribution in [0, 0.1) is 0 Å². The number of hydrogen-bond donors (Lipinski definition) is 1. The first-order valence-corrected chi connectivity index (χ1v) is 9.98. The fourth-order valence-electron chi connectivity index (χ4n) is 3.62. The van der Waals surface area contributed by atoms with Gasteiger partial charge in [-0.15, -0.1) is 0 Å². The highest BCUT2D eigenvalue weighted by Gasteiger charge is 2.26. The van der Waals surface area contributed by atoms with Crippen LogP contribution < -0.4 is 19.5 Å². The van der Waals surface area contributed by atoms with Crippen molar-refractivity contribution in [3.8, 4) is 17.2 Å². The predicted molar refractivity (Wildman–Crippen MR) is 117 cm³/mol. The van der Waals surface area contributed by atoms with Crippen molar-refractivity contribution in [2.45, 2.75) is 38.3 Å². The molecular weight excluding hydrogens is 372 g/mol. The normalized spacial score (nSPS) is 13.8. The molecule has 5 nitrogen and oxygen atoms in total. The van der Waals surface area contributed by atoms with Gasteiger partial charge in [-0.25, -0.2) is 0 Å². The summed E-state index contributed by atoms with van der Waals surface area (Å²) in [5.41, 5.74) is 2.05. The van der Waals surface area contributed by atoms with Gasteiger partial charge in [-0.05, 0) is 61.5 Å². The van der Waals surface area contributed by atoms with E-state index in [0.29, 0.717) is 12.6 Å². The van der Waals surface area contributed by atoms with Gasteiger partial charge >= 0.3 is 0 Å². The van der Waals surface area contributed by atoms with E-state index < -0.39 is 0 Å². The van der Waals surface area contributed by atoms with Crippen LogP contribution in [-0.2, 0) is 6.54 Å². The minimum atomic E-state index is 0.435. The molecule has 1 aliphatic rings. The van der Waals surface area contributed by atoms with E-state index in [1.165, 1.54) is 12.8 Å². The maximum atomic E-state index is 5.80. The first-order chi connectivity index (χ1) is 13.6. The van der Waals surface area contributed by atoms with E-state index in [-0.39, 0.29) is 0 Å². The summed E-state index contributed by atoms with van der Waals surface area (Å²) in [5.74, 6) is 2.42. The van der Waals surface area contributed by atoms with Crippen LogP contribution in [0.3, 0.4) is 0 Å². The summed E-state index contributed by atoms with van der Waals surface area (Å²) in [5, 5.41) is 4.12. The molecule has 1 aliphatic carbocycles. The molecule has 1 saturated carbocycles. The van der Waals surface area contributed by atoms with Crippen molar-refractivity contribution in [2.75, 3.05) is 26.6 Å². The van der Waals surface area contributed by atoms with E-state index in [9.17, 15) is 0 Å². The number of ether oxygens (including phenoxy) is 3. The second-order valence-electron chi connectivity index (χ2n) is 6.90. The zero-order valence-corrected chi connectivity index (χ0v) is 17.6. The number of benzene rings is 2. The molecule has 0 aliphatic heterocycles. The Labute approximate surface area is 172 Å². The van der Waals surface area contributed by atoms with Gasteiger partial charge in [0.15, 0.2) is 5.11 Å². The Kier molecular flexibility index (Phi) is 6.98. The molecule has 0 bridgehead atoms. The van der Waals surface area contributed by atoms with E-state index >= 15 is 0 Å². The minimum Gasteiger partial charge on any atom is -0.497 e. The Bertz CT molecular complexity index is 789. The topological polar surface area (TPSA) is 43.0 Å². The van der Waals surface area contributed by atoms with Crippen molar-refractivity contribution >= 4 is 23.0 Å². The van der Waals surface area contributed by atoms with Gasteiger partial charge in [-0.1, -0.05) is 12.8 Å². The van der Waals surface area contributed by atoms with Crippen molar-refractivity contribution < 1.29 is 14.2 Å². The number of thiocarbonyl (C=S) groups is 1. The van der Waals surface area contributed by atoms with Crippen LogP contribution >= 0.6 is 12.2 Å². The third-order valence-corrected chi connectivity index (χ3v) is 5.54. The Morgan fingerprint density at radius 1 is 0.964 bits per heavy atom. The van der Waals surface area contributed by atoms with Crippen molar-refractivity contribution in [1.29, 1.82) is 0 Å². The lowest BCUT2D eigenvalue weighted by Crippen LogP contribution is -2.41. The summed E-state index contributed by atoms with van der Waals surface area (Å²) in [7, 11) is 5.01. The van der Waals surface area contributed by atoms with Gasteiger partial charge in [-0.3, -0.25) is 0 Å². The summed E-state index contributed by atoms with van der Waals surface area (Å²) in [6, 6.07) is 14.2. The van der Waals surface area contributed by atoms with Gasteiger partial charge in [0.1, 0.15) is 17.2 Å². The van der Waals surface area contributed by atoms with E-state index in [0.717, 1.165) is 46.5 Å². The molecule has 0 heterocycles. The summed E-state index contributed by atoms with van der Waals surface area (Å²) in [6.07, 6.45) is 4.80. The second kappa shape index (κ2) is 9.64. The number of anilines is 1. The highest BCUT2D eigenvalue weighted by molar-refractivity contribution is 7.80. The van der Waals surface area contributed by atoms with Gasteiger partial charge in [-0.2, -0.15) is 0 Å². The summed E-state index contributed by atoms with van der Waals surface area (Å²) in [6.45, 7) is 0.694. The van der Waals surface area contributed by atoms with E-state index in [2.05, 4.69) is 16.3 Å². The molecule has 0 spiro atoms. The predicted octanol–water partition coefficient (Wildman–Crippen LogP) is 4.85. The molecule has 1 N–H and O–H groups in total. The lowest BCUT2D eigenvalue weighted by Gasteiger charge is -2.32. The molecule has 2 aromatic rings. The molecule has 0 unspecified atom stereocenters. The number of nitrogens with one attached hydrogen (secondary N) is 1. The van der Waals surface area contributed by atoms with E-state index in [1.807, 2.05) is 36.4 Å². The van der Waals surface area contributed by atoms with Crippen LogP contribution in [0.2, 0.25) is 0 Å². The Morgan fingerprint density at radius 3 is 2.21 bits per heavy atom. The maximum absolute atomic E-state index is 5.80. The lowest BCUT2D eigenvalue weighted by molar-refractivity contribution is 0.304.